The SMILES string of the molecule is CCN(CC(=O)O)C1CC(NC(=O)NCc2ccc3cncn3c2)C1. The molecule has 1 fully saturated rings. The minimum Gasteiger partial charge on any atom is -0.480 e. The Balaban J connectivity index is 1.41. The second-order valence-electron chi connectivity index (χ2n) is 6.37. The summed E-state index contributed by atoms with van der Waals surface area (Å²) in [7, 11) is 0. The Bertz CT molecular complexity index is 754. The molecule has 134 valence electrons. The second kappa shape index (κ2) is 7.52. The van der Waals surface area contributed by atoms with Crippen molar-refractivity contribution in [2.24, 2.45) is 0 Å². The number of hydrogen-bond donors (Lipinski definition) is 3. The highest BCUT2D eigenvalue weighted by Gasteiger charge is 2.34. The van der Waals surface area contributed by atoms with E-state index in [0.29, 0.717) is 13.1 Å². The quantitative estimate of drug-likeness (QED) is 0.697. The van der Waals surface area contributed by atoms with Crippen LogP contribution in [-0.4, -0.2) is 56.6 Å². The summed E-state index contributed by atoms with van der Waals surface area (Å²) in [6, 6.07) is 4.05. The molecule has 0 atom stereocenters. The van der Waals surface area contributed by atoms with Gasteiger partial charge in [0.25, 0.3) is 0 Å². The van der Waals surface area contributed by atoms with E-state index in [9.17, 15) is 9.59 Å². The fourth-order valence-corrected chi connectivity index (χ4v) is 3.17. The highest BCUT2D eigenvalue weighted by Crippen LogP contribution is 2.25. The van der Waals surface area contributed by atoms with E-state index in [2.05, 4.69) is 15.6 Å². The number of hydrogen-bond acceptors (Lipinski definition) is 4. The number of nitrogens with one attached hydrogen (secondary N) is 2. The number of carboxylic acids is 1. The zero-order valence-corrected chi connectivity index (χ0v) is 14.2. The van der Waals surface area contributed by atoms with Gasteiger partial charge in [-0.2, -0.15) is 0 Å². The van der Waals surface area contributed by atoms with Gasteiger partial charge in [-0.1, -0.05) is 13.0 Å². The molecule has 3 rings (SSSR count). The molecule has 8 heteroatoms. The maximum atomic E-state index is 12.0. The van der Waals surface area contributed by atoms with Crippen LogP contribution in [0.15, 0.2) is 30.9 Å². The summed E-state index contributed by atoms with van der Waals surface area (Å²) in [5.41, 5.74) is 2.00. The predicted molar refractivity (Wildman–Crippen MR) is 92.3 cm³/mol. The number of rotatable bonds is 7. The van der Waals surface area contributed by atoms with Crippen molar-refractivity contribution in [1.29, 1.82) is 0 Å². The van der Waals surface area contributed by atoms with Crippen LogP contribution < -0.4 is 10.6 Å². The third kappa shape index (κ3) is 4.27. The molecule has 0 aromatic carbocycles. The smallest absolute Gasteiger partial charge is 0.317 e. The molecule has 0 spiro atoms. The first-order chi connectivity index (χ1) is 12.0. The van der Waals surface area contributed by atoms with Gasteiger partial charge in [0, 0.05) is 24.8 Å². The summed E-state index contributed by atoms with van der Waals surface area (Å²) >= 11 is 0. The molecule has 2 heterocycles. The predicted octanol–water partition coefficient (Wildman–Crippen LogP) is 1.07. The first-order valence-electron chi connectivity index (χ1n) is 8.46. The van der Waals surface area contributed by atoms with Gasteiger partial charge in [0.2, 0.25) is 0 Å². The van der Waals surface area contributed by atoms with Crippen molar-refractivity contribution in [3.63, 3.8) is 0 Å². The van der Waals surface area contributed by atoms with Crippen molar-refractivity contribution in [2.75, 3.05) is 13.1 Å². The van der Waals surface area contributed by atoms with Gasteiger partial charge in [-0.25, -0.2) is 9.78 Å². The number of carbonyl (C=O) groups is 2. The Morgan fingerprint density at radius 1 is 1.40 bits per heavy atom. The monoisotopic (exact) mass is 345 g/mol. The van der Waals surface area contributed by atoms with Crippen molar-refractivity contribution < 1.29 is 14.7 Å². The van der Waals surface area contributed by atoms with Crippen LogP contribution in [0, 0.1) is 0 Å². The third-order valence-electron chi connectivity index (χ3n) is 4.63. The fourth-order valence-electron chi connectivity index (χ4n) is 3.17. The van der Waals surface area contributed by atoms with Crippen LogP contribution in [0.4, 0.5) is 4.79 Å². The molecule has 2 amide bonds. The summed E-state index contributed by atoms with van der Waals surface area (Å²) in [6.45, 7) is 3.15. The van der Waals surface area contributed by atoms with E-state index in [1.54, 1.807) is 12.5 Å². The Kier molecular flexibility index (Phi) is 5.18. The van der Waals surface area contributed by atoms with E-state index < -0.39 is 5.97 Å². The molecule has 0 aliphatic heterocycles. The van der Waals surface area contributed by atoms with Crippen molar-refractivity contribution in [1.82, 2.24) is 24.9 Å². The van der Waals surface area contributed by atoms with Crippen molar-refractivity contribution in [3.05, 3.63) is 36.4 Å². The second-order valence-corrected chi connectivity index (χ2v) is 6.37. The molecule has 3 N–H and O–H groups in total. The normalized spacial score (nSPS) is 19.6. The molecule has 0 radical (unpaired) electrons. The van der Waals surface area contributed by atoms with Crippen molar-refractivity contribution in [3.8, 4) is 0 Å². The van der Waals surface area contributed by atoms with E-state index in [-0.39, 0.29) is 24.7 Å². The van der Waals surface area contributed by atoms with Gasteiger partial charge in [-0.15, -0.1) is 0 Å². The number of amides is 2. The molecule has 2 aromatic heterocycles. The summed E-state index contributed by atoms with van der Waals surface area (Å²) < 4.78 is 1.91. The highest BCUT2D eigenvalue weighted by atomic mass is 16.4. The molecule has 0 saturated heterocycles. The van der Waals surface area contributed by atoms with Gasteiger partial charge in [0.15, 0.2) is 0 Å². The lowest BCUT2D eigenvalue weighted by atomic mass is 9.85. The number of aromatic nitrogens is 2. The number of nitrogens with zero attached hydrogens (tertiary/aromatic N) is 3. The number of likely N-dealkylation sites (N-methyl/N-ethyl adjacent to an activating group) is 1. The number of urea groups is 1. The van der Waals surface area contributed by atoms with Crippen LogP contribution in [0.1, 0.15) is 25.3 Å². The lowest BCUT2D eigenvalue weighted by molar-refractivity contribution is -0.139. The highest BCUT2D eigenvalue weighted by molar-refractivity contribution is 5.74. The van der Waals surface area contributed by atoms with Crippen LogP contribution >= 0.6 is 0 Å². The number of carboxylic acid groups (broad SMARTS) is 1. The average molecular weight is 345 g/mol. The molecule has 0 bridgehead atoms. The maximum Gasteiger partial charge on any atom is 0.317 e. The van der Waals surface area contributed by atoms with Gasteiger partial charge >= 0.3 is 12.0 Å². The Hall–Kier alpha value is -2.61. The molecule has 8 nitrogen and oxygen atoms in total. The average Bonchev–Trinajstić information content (AvgIpc) is 3.01. The molecule has 2 aromatic rings. The third-order valence-corrected chi connectivity index (χ3v) is 4.63. The minimum absolute atomic E-state index is 0.0524. The van der Waals surface area contributed by atoms with Gasteiger partial charge in [0.1, 0.15) is 0 Å². The first-order valence-corrected chi connectivity index (χ1v) is 8.46. The van der Waals surface area contributed by atoms with Crippen LogP contribution in [0.25, 0.3) is 5.52 Å². The summed E-state index contributed by atoms with van der Waals surface area (Å²) in [4.78, 5) is 28.8. The maximum absolute atomic E-state index is 12.0. The number of imidazole rings is 1. The first kappa shape index (κ1) is 17.2. The lowest BCUT2D eigenvalue weighted by Gasteiger charge is -2.42. The molecule has 1 saturated carbocycles. The van der Waals surface area contributed by atoms with Gasteiger partial charge in [-0.3, -0.25) is 9.69 Å². The van der Waals surface area contributed by atoms with Gasteiger partial charge < -0.3 is 20.1 Å². The van der Waals surface area contributed by atoms with E-state index in [1.165, 1.54) is 0 Å². The van der Waals surface area contributed by atoms with Crippen LogP contribution in [0.2, 0.25) is 0 Å². The number of aliphatic carboxylic acids is 1. The molecule has 1 aliphatic carbocycles. The van der Waals surface area contributed by atoms with E-state index in [0.717, 1.165) is 23.9 Å². The van der Waals surface area contributed by atoms with E-state index >= 15 is 0 Å². The molecule has 0 unspecified atom stereocenters. The minimum atomic E-state index is -0.814. The zero-order chi connectivity index (χ0) is 17.8. The van der Waals surface area contributed by atoms with Crippen molar-refractivity contribution in [2.45, 2.75) is 38.4 Å². The largest absolute Gasteiger partial charge is 0.480 e. The Morgan fingerprint density at radius 3 is 2.92 bits per heavy atom. The molecule has 1 aliphatic rings. The molecular weight excluding hydrogens is 322 g/mol. The van der Waals surface area contributed by atoms with Gasteiger partial charge in [-0.05, 0) is 31.0 Å². The Morgan fingerprint density at radius 2 is 2.20 bits per heavy atom. The lowest BCUT2D eigenvalue weighted by Crippen LogP contribution is -2.56. The number of pyridine rings is 1. The fraction of sp³-hybridized carbons (Fsp3) is 0.471. The summed E-state index contributed by atoms with van der Waals surface area (Å²) in [6.07, 6.45) is 7.02. The number of fused-ring (bicyclic) bond motifs is 1. The van der Waals surface area contributed by atoms with Gasteiger partial charge in [0.05, 0.1) is 24.6 Å². The standard InChI is InChI=1S/C17H23N5O3/c1-2-21(10-16(23)24)15-5-13(6-15)20-17(25)19-7-12-3-4-14-8-18-11-22(14)9-12/h3-4,8-9,11,13,15H,2,5-7,10H2,1H3,(H,23,24)(H2,19,20,25). The van der Waals surface area contributed by atoms with E-state index in [4.69, 9.17) is 5.11 Å². The van der Waals surface area contributed by atoms with E-state index in [1.807, 2.05) is 34.6 Å². The topological polar surface area (TPSA) is 99.0 Å². The molecule has 25 heavy (non-hydrogen) atoms. The zero-order valence-electron chi connectivity index (χ0n) is 14.2. The van der Waals surface area contributed by atoms with Crippen LogP contribution in [-0.2, 0) is 11.3 Å². The molecular formula is C17H23N5O3. The summed E-state index contributed by atoms with van der Waals surface area (Å²) in [5, 5.41) is 14.7. The van der Waals surface area contributed by atoms with Crippen molar-refractivity contribution >= 4 is 17.5 Å². The van der Waals surface area contributed by atoms with Crippen LogP contribution in [0.3, 0.4) is 0 Å². The number of carbonyl (C=O) groups excluding carboxylic acids is 1. The van der Waals surface area contributed by atoms with Crippen LogP contribution in [0.5, 0.6) is 0 Å². The summed E-state index contributed by atoms with van der Waals surface area (Å²) in [5.74, 6) is -0.814. The Labute approximate surface area is 145 Å².